The monoisotopic (exact) mass is 289 g/mol. The van der Waals surface area contributed by atoms with E-state index in [0.717, 1.165) is 11.3 Å². The van der Waals surface area contributed by atoms with Gasteiger partial charge in [0, 0.05) is 18.9 Å². The van der Waals surface area contributed by atoms with Crippen LogP contribution in [0.15, 0.2) is 35.4 Å². The molecule has 3 rings (SSSR count). The Morgan fingerprint density at radius 3 is 3.20 bits per heavy atom. The first-order valence-electron chi connectivity index (χ1n) is 6.49. The second-order valence-corrected chi connectivity index (χ2v) is 5.42. The van der Waals surface area contributed by atoms with Crippen LogP contribution in [0.25, 0.3) is 0 Å². The fourth-order valence-electron chi connectivity index (χ4n) is 2.21. The lowest BCUT2D eigenvalue weighted by atomic mass is 10.1. The molecule has 1 aliphatic rings. The fourth-order valence-corrected chi connectivity index (χ4v) is 2.88. The quantitative estimate of drug-likeness (QED) is 0.862. The van der Waals surface area contributed by atoms with Gasteiger partial charge >= 0.3 is 0 Å². The van der Waals surface area contributed by atoms with Crippen molar-refractivity contribution in [2.45, 2.75) is 12.5 Å². The van der Waals surface area contributed by atoms with E-state index in [1.165, 1.54) is 0 Å². The topological polar surface area (TPSA) is 55.3 Å². The van der Waals surface area contributed by atoms with Gasteiger partial charge in [-0.3, -0.25) is 14.8 Å². The first kappa shape index (κ1) is 13.2. The minimum Gasteiger partial charge on any atom is -0.368 e. The van der Waals surface area contributed by atoms with Crippen molar-refractivity contribution in [2.75, 3.05) is 19.7 Å². The largest absolute Gasteiger partial charge is 0.368 e. The highest BCUT2D eigenvalue weighted by atomic mass is 32.1. The minimum absolute atomic E-state index is 0.139. The maximum atomic E-state index is 12.3. The van der Waals surface area contributed by atoms with Crippen molar-refractivity contribution in [1.82, 2.24) is 14.9 Å². The van der Waals surface area contributed by atoms with Gasteiger partial charge in [-0.25, -0.2) is 0 Å². The molecule has 0 saturated carbocycles. The summed E-state index contributed by atoms with van der Waals surface area (Å²) in [6, 6.07) is 1.99. The molecule has 20 heavy (non-hydrogen) atoms. The van der Waals surface area contributed by atoms with Crippen molar-refractivity contribution >= 4 is 17.2 Å². The third kappa shape index (κ3) is 3.02. The molecule has 0 spiro atoms. The zero-order valence-corrected chi connectivity index (χ0v) is 11.8. The summed E-state index contributed by atoms with van der Waals surface area (Å²) in [5.74, 6) is 0.139. The molecule has 5 nitrogen and oxygen atoms in total. The predicted molar refractivity (Wildman–Crippen MR) is 75.3 cm³/mol. The Bertz CT molecular complexity index is 559. The zero-order chi connectivity index (χ0) is 13.8. The van der Waals surface area contributed by atoms with Crippen LogP contribution in [-0.4, -0.2) is 40.5 Å². The van der Waals surface area contributed by atoms with Crippen LogP contribution < -0.4 is 0 Å². The van der Waals surface area contributed by atoms with Gasteiger partial charge in [0.15, 0.2) is 0 Å². The summed E-state index contributed by atoms with van der Waals surface area (Å²) < 4.78 is 5.69. The van der Waals surface area contributed by atoms with Crippen LogP contribution in [0.1, 0.15) is 17.4 Å². The maximum Gasteiger partial charge on any atom is 0.227 e. The maximum absolute atomic E-state index is 12.3. The van der Waals surface area contributed by atoms with Crippen molar-refractivity contribution < 1.29 is 9.53 Å². The number of morpholine rings is 1. The second kappa shape index (κ2) is 6.11. The zero-order valence-electron chi connectivity index (χ0n) is 10.9. The summed E-state index contributed by atoms with van der Waals surface area (Å²) in [7, 11) is 0. The summed E-state index contributed by atoms with van der Waals surface area (Å²) >= 11 is 1.61. The Labute approximate surface area is 121 Å². The second-order valence-electron chi connectivity index (χ2n) is 4.64. The SMILES string of the molecule is O=C(Cc1ccsc1)N1CCOC(c2cnccn2)C1. The standard InChI is InChI=1S/C14H15N3O2S/c18-14(7-11-1-6-20-10-11)17-4-5-19-13(9-17)12-8-15-2-3-16-12/h1-3,6,8,10,13H,4-5,7,9H2. The molecule has 1 amide bonds. The molecule has 1 unspecified atom stereocenters. The van der Waals surface area contributed by atoms with Crippen molar-refractivity contribution in [3.63, 3.8) is 0 Å². The van der Waals surface area contributed by atoms with E-state index in [1.54, 1.807) is 29.9 Å². The van der Waals surface area contributed by atoms with Gasteiger partial charge < -0.3 is 9.64 Å². The van der Waals surface area contributed by atoms with Gasteiger partial charge in [0.25, 0.3) is 0 Å². The number of hydrogen-bond acceptors (Lipinski definition) is 5. The number of amides is 1. The summed E-state index contributed by atoms with van der Waals surface area (Å²) in [5, 5.41) is 4.00. The highest BCUT2D eigenvalue weighted by molar-refractivity contribution is 7.07. The van der Waals surface area contributed by atoms with E-state index in [0.29, 0.717) is 26.1 Å². The molecule has 3 heterocycles. The fraction of sp³-hybridized carbons (Fsp3) is 0.357. The summed E-state index contributed by atoms with van der Waals surface area (Å²) in [6.07, 6.45) is 5.24. The molecule has 0 radical (unpaired) electrons. The lowest BCUT2D eigenvalue weighted by Gasteiger charge is -2.32. The number of nitrogens with zero attached hydrogens (tertiary/aromatic N) is 3. The van der Waals surface area contributed by atoms with E-state index in [2.05, 4.69) is 9.97 Å². The number of carbonyl (C=O) groups excluding carboxylic acids is 1. The van der Waals surface area contributed by atoms with E-state index in [1.807, 2.05) is 21.7 Å². The van der Waals surface area contributed by atoms with Gasteiger partial charge in [0.05, 0.1) is 31.5 Å². The lowest BCUT2D eigenvalue weighted by molar-refractivity contribution is -0.138. The lowest BCUT2D eigenvalue weighted by Crippen LogP contribution is -2.43. The minimum atomic E-state index is -0.177. The van der Waals surface area contributed by atoms with Crippen molar-refractivity contribution in [1.29, 1.82) is 0 Å². The first-order valence-corrected chi connectivity index (χ1v) is 7.43. The van der Waals surface area contributed by atoms with Crippen LogP contribution in [0.2, 0.25) is 0 Å². The van der Waals surface area contributed by atoms with Crippen LogP contribution in [0.5, 0.6) is 0 Å². The molecule has 0 N–H and O–H groups in total. The molecule has 1 saturated heterocycles. The highest BCUT2D eigenvalue weighted by Crippen LogP contribution is 2.20. The first-order chi connectivity index (χ1) is 9.83. The summed E-state index contributed by atoms with van der Waals surface area (Å²) in [5.41, 5.74) is 1.85. The Morgan fingerprint density at radius 2 is 2.45 bits per heavy atom. The van der Waals surface area contributed by atoms with Gasteiger partial charge in [0.2, 0.25) is 5.91 Å². The third-order valence-corrected chi connectivity index (χ3v) is 4.00. The molecule has 1 fully saturated rings. The van der Waals surface area contributed by atoms with Gasteiger partial charge in [-0.1, -0.05) is 0 Å². The number of hydrogen-bond donors (Lipinski definition) is 0. The average Bonchev–Trinajstić information content (AvgIpc) is 3.01. The van der Waals surface area contributed by atoms with Crippen LogP contribution in [0, 0.1) is 0 Å². The van der Waals surface area contributed by atoms with E-state index in [4.69, 9.17) is 4.74 Å². The number of thiophene rings is 1. The Balaban J connectivity index is 1.64. The van der Waals surface area contributed by atoms with E-state index in [-0.39, 0.29) is 12.0 Å². The van der Waals surface area contributed by atoms with Crippen LogP contribution in [0.3, 0.4) is 0 Å². The average molecular weight is 289 g/mol. The Morgan fingerprint density at radius 1 is 1.50 bits per heavy atom. The molecule has 0 bridgehead atoms. The Kier molecular flexibility index (Phi) is 4.03. The van der Waals surface area contributed by atoms with Gasteiger partial charge in [-0.05, 0) is 22.4 Å². The van der Waals surface area contributed by atoms with Gasteiger partial charge in [-0.2, -0.15) is 11.3 Å². The number of rotatable bonds is 3. The van der Waals surface area contributed by atoms with Crippen molar-refractivity contribution in [3.05, 3.63) is 46.7 Å². The van der Waals surface area contributed by atoms with E-state index < -0.39 is 0 Å². The van der Waals surface area contributed by atoms with Crippen molar-refractivity contribution in [2.24, 2.45) is 0 Å². The van der Waals surface area contributed by atoms with Crippen molar-refractivity contribution in [3.8, 4) is 0 Å². The normalized spacial score (nSPS) is 19.0. The number of carbonyl (C=O) groups is 1. The predicted octanol–water partition coefficient (Wildman–Crippen LogP) is 1.68. The third-order valence-electron chi connectivity index (χ3n) is 3.27. The van der Waals surface area contributed by atoms with Crippen LogP contribution >= 0.6 is 11.3 Å². The van der Waals surface area contributed by atoms with E-state index in [9.17, 15) is 4.79 Å². The molecule has 1 aliphatic heterocycles. The highest BCUT2D eigenvalue weighted by Gasteiger charge is 2.26. The van der Waals surface area contributed by atoms with Gasteiger partial charge in [0.1, 0.15) is 6.10 Å². The molecular formula is C14H15N3O2S. The smallest absolute Gasteiger partial charge is 0.227 e. The molecule has 2 aromatic rings. The molecule has 104 valence electrons. The number of ether oxygens (including phenoxy) is 1. The van der Waals surface area contributed by atoms with E-state index >= 15 is 0 Å². The number of aromatic nitrogens is 2. The molecule has 0 aliphatic carbocycles. The van der Waals surface area contributed by atoms with Gasteiger partial charge in [-0.15, -0.1) is 0 Å². The molecule has 1 atom stereocenters. The summed E-state index contributed by atoms with van der Waals surface area (Å²) in [4.78, 5) is 22.4. The summed E-state index contributed by atoms with van der Waals surface area (Å²) in [6.45, 7) is 1.72. The van der Waals surface area contributed by atoms with Crippen LogP contribution in [-0.2, 0) is 16.0 Å². The Hall–Kier alpha value is -1.79. The molecular weight excluding hydrogens is 274 g/mol. The molecule has 2 aromatic heterocycles. The molecule has 0 aromatic carbocycles. The molecule has 6 heteroatoms. The van der Waals surface area contributed by atoms with Crippen LogP contribution in [0.4, 0.5) is 0 Å².